The van der Waals surface area contributed by atoms with Crippen molar-refractivity contribution in [2.24, 2.45) is 5.73 Å². The fraction of sp³-hybridized carbons (Fsp3) is 0.308. The second-order valence-electron chi connectivity index (χ2n) is 3.90. The van der Waals surface area contributed by atoms with Gasteiger partial charge in [-0.15, -0.1) is 11.3 Å². The van der Waals surface area contributed by atoms with Crippen LogP contribution in [0.3, 0.4) is 0 Å². The van der Waals surface area contributed by atoms with Crippen molar-refractivity contribution in [1.82, 2.24) is 4.98 Å². The summed E-state index contributed by atoms with van der Waals surface area (Å²) in [5, 5.41) is 1.06. The third-order valence-corrected chi connectivity index (χ3v) is 3.43. The molecule has 0 aliphatic rings. The fourth-order valence-electron chi connectivity index (χ4n) is 1.70. The van der Waals surface area contributed by atoms with Crippen molar-refractivity contribution in [3.8, 4) is 5.75 Å². The number of rotatable bonds is 4. The van der Waals surface area contributed by atoms with Crippen LogP contribution < -0.4 is 10.5 Å². The molecule has 0 aliphatic carbocycles. The highest BCUT2D eigenvalue weighted by Gasteiger charge is 2.06. The second kappa shape index (κ2) is 5.29. The molecule has 90 valence electrons. The van der Waals surface area contributed by atoms with Crippen LogP contribution >= 0.6 is 11.3 Å². The van der Waals surface area contributed by atoms with E-state index >= 15 is 0 Å². The summed E-state index contributed by atoms with van der Waals surface area (Å²) in [6.07, 6.45) is 1.86. The third kappa shape index (κ3) is 2.84. The average molecular weight is 248 g/mol. The number of ether oxygens (including phenoxy) is 1. The van der Waals surface area contributed by atoms with Crippen molar-refractivity contribution in [1.29, 1.82) is 0 Å². The molecule has 2 rings (SSSR count). The number of thiazole rings is 1. The molecule has 2 N–H and O–H groups in total. The van der Waals surface area contributed by atoms with Gasteiger partial charge >= 0.3 is 0 Å². The number of benzene rings is 1. The summed E-state index contributed by atoms with van der Waals surface area (Å²) in [7, 11) is 0. The number of nitrogens with two attached hydrogens (primary N) is 1. The lowest BCUT2D eigenvalue weighted by Crippen LogP contribution is -2.03. The molecular formula is C13H16N2OS. The highest BCUT2D eigenvalue weighted by molar-refractivity contribution is 7.11. The van der Waals surface area contributed by atoms with Crippen molar-refractivity contribution in [3.05, 3.63) is 45.4 Å². The van der Waals surface area contributed by atoms with Crippen molar-refractivity contribution in [3.63, 3.8) is 0 Å². The van der Waals surface area contributed by atoms with Crippen molar-refractivity contribution in [2.75, 3.05) is 0 Å². The molecule has 0 atom stereocenters. The minimum Gasteiger partial charge on any atom is -0.487 e. The molecule has 2 aromatic rings. The highest BCUT2D eigenvalue weighted by atomic mass is 32.1. The molecule has 1 aromatic heterocycles. The molecule has 1 aromatic carbocycles. The monoisotopic (exact) mass is 248 g/mol. The lowest BCUT2D eigenvalue weighted by atomic mass is 10.1. The summed E-state index contributed by atoms with van der Waals surface area (Å²) in [4.78, 5) is 5.34. The molecule has 3 nitrogen and oxygen atoms in total. The normalized spacial score (nSPS) is 10.5. The van der Waals surface area contributed by atoms with Gasteiger partial charge in [0.1, 0.15) is 12.4 Å². The van der Waals surface area contributed by atoms with Crippen LogP contribution in [-0.2, 0) is 13.2 Å². The number of para-hydroxylation sites is 1. The molecule has 0 saturated carbocycles. The van der Waals surface area contributed by atoms with Gasteiger partial charge in [0.2, 0.25) is 0 Å². The number of aryl methyl sites for hydroxylation is 2. The summed E-state index contributed by atoms with van der Waals surface area (Å²) in [6.45, 7) is 5.09. The van der Waals surface area contributed by atoms with Crippen LogP contribution in [0.25, 0.3) is 0 Å². The Balaban J connectivity index is 2.13. The first kappa shape index (κ1) is 12.1. The van der Waals surface area contributed by atoms with Gasteiger partial charge in [0.05, 0.1) is 9.88 Å². The maximum atomic E-state index is 5.85. The Hall–Kier alpha value is -1.39. The van der Waals surface area contributed by atoms with Gasteiger partial charge in [-0.25, -0.2) is 4.98 Å². The SMILES string of the molecule is Cc1ncc(COc2c(C)cccc2CN)s1. The Morgan fingerprint density at radius 1 is 1.35 bits per heavy atom. The average Bonchev–Trinajstić information content (AvgIpc) is 2.73. The minimum absolute atomic E-state index is 0.499. The van der Waals surface area contributed by atoms with Crippen molar-refractivity contribution >= 4 is 11.3 Å². The zero-order valence-corrected chi connectivity index (χ0v) is 10.9. The van der Waals surface area contributed by atoms with E-state index in [1.165, 1.54) is 0 Å². The lowest BCUT2D eigenvalue weighted by molar-refractivity contribution is 0.304. The molecular weight excluding hydrogens is 232 g/mol. The minimum atomic E-state index is 0.499. The van der Waals surface area contributed by atoms with Crippen LogP contribution in [0.2, 0.25) is 0 Å². The Morgan fingerprint density at radius 2 is 2.18 bits per heavy atom. The van der Waals surface area contributed by atoms with E-state index in [2.05, 4.69) is 4.98 Å². The van der Waals surface area contributed by atoms with E-state index < -0.39 is 0 Å². The smallest absolute Gasteiger partial charge is 0.127 e. The zero-order chi connectivity index (χ0) is 12.3. The Morgan fingerprint density at radius 3 is 2.82 bits per heavy atom. The molecule has 0 spiro atoms. The Bertz CT molecular complexity index is 508. The third-order valence-electron chi connectivity index (χ3n) is 2.54. The molecule has 0 bridgehead atoms. The van der Waals surface area contributed by atoms with Crippen molar-refractivity contribution in [2.45, 2.75) is 27.0 Å². The number of hydrogen-bond acceptors (Lipinski definition) is 4. The first-order valence-electron chi connectivity index (χ1n) is 5.53. The van der Waals surface area contributed by atoms with E-state index in [0.29, 0.717) is 13.2 Å². The Labute approximate surface area is 105 Å². The van der Waals surface area contributed by atoms with Crippen LogP contribution in [0.5, 0.6) is 5.75 Å². The molecule has 1 heterocycles. The number of aromatic nitrogens is 1. The summed E-state index contributed by atoms with van der Waals surface area (Å²) in [5.74, 6) is 0.904. The molecule has 0 amide bonds. The predicted molar refractivity (Wildman–Crippen MR) is 70.3 cm³/mol. The first-order chi connectivity index (χ1) is 8.20. The molecule has 0 unspecified atom stereocenters. The molecule has 17 heavy (non-hydrogen) atoms. The summed E-state index contributed by atoms with van der Waals surface area (Å²) < 4.78 is 5.85. The summed E-state index contributed by atoms with van der Waals surface area (Å²) in [6, 6.07) is 6.04. The van der Waals surface area contributed by atoms with Gasteiger partial charge in [-0.3, -0.25) is 0 Å². The van der Waals surface area contributed by atoms with Gasteiger partial charge in [0.25, 0.3) is 0 Å². The van der Waals surface area contributed by atoms with E-state index in [1.54, 1.807) is 11.3 Å². The maximum Gasteiger partial charge on any atom is 0.127 e. The molecule has 0 aliphatic heterocycles. The summed E-state index contributed by atoms with van der Waals surface area (Å²) in [5.41, 5.74) is 7.87. The topological polar surface area (TPSA) is 48.1 Å². The van der Waals surface area contributed by atoms with Gasteiger partial charge in [-0.1, -0.05) is 18.2 Å². The molecule has 0 fully saturated rings. The number of hydrogen-bond donors (Lipinski definition) is 1. The van der Waals surface area contributed by atoms with Crippen LogP contribution in [0, 0.1) is 13.8 Å². The Kier molecular flexibility index (Phi) is 3.76. The lowest BCUT2D eigenvalue weighted by Gasteiger charge is -2.12. The first-order valence-corrected chi connectivity index (χ1v) is 6.35. The quantitative estimate of drug-likeness (QED) is 0.905. The molecule has 0 saturated heterocycles. The molecule has 0 radical (unpaired) electrons. The van der Waals surface area contributed by atoms with Gasteiger partial charge in [-0.2, -0.15) is 0 Å². The largest absolute Gasteiger partial charge is 0.487 e. The maximum absolute atomic E-state index is 5.85. The van der Waals surface area contributed by atoms with E-state index in [1.807, 2.05) is 38.2 Å². The van der Waals surface area contributed by atoms with E-state index in [4.69, 9.17) is 10.5 Å². The highest BCUT2D eigenvalue weighted by Crippen LogP contribution is 2.24. The van der Waals surface area contributed by atoms with Crippen molar-refractivity contribution < 1.29 is 4.74 Å². The summed E-state index contributed by atoms with van der Waals surface area (Å²) >= 11 is 1.66. The number of nitrogens with zero attached hydrogens (tertiary/aromatic N) is 1. The predicted octanol–water partition coefficient (Wildman–Crippen LogP) is 2.80. The van der Waals surface area contributed by atoms with E-state index in [0.717, 1.165) is 26.8 Å². The van der Waals surface area contributed by atoms with Gasteiger partial charge in [0, 0.05) is 18.3 Å². The molecule has 4 heteroatoms. The second-order valence-corrected chi connectivity index (χ2v) is 5.22. The zero-order valence-electron chi connectivity index (χ0n) is 10.1. The van der Waals surface area contributed by atoms with Gasteiger partial charge < -0.3 is 10.5 Å². The van der Waals surface area contributed by atoms with Gasteiger partial charge in [-0.05, 0) is 19.4 Å². The van der Waals surface area contributed by atoms with Crippen LogP contribution in [0.1, 0.15) is 21.0 Å². The van der Waals surface area contributed by atoms with Crippen LogP contribution in [-0.4, -0.2) is 4.98 Å². The fourth-order valence-corrected chi connectivity index (χ4v) is 2.40. The standard InChI is InChI=1S/C13H16N2OS/c1-9-4-3-5-11(6-14)13(9)16-8-12-7-15-10(2)17-12/h3-5,7H,6,8,14H2,1-2H3. The van der Waals surface area contributed by atoms with Crippen LogP contribution in [0.4, 0.5) is 0 Å². The van der Waals surface area contributed by atoms with Gasteiger partial charge in [0.15, 0.2) is 0 Å². The van der Waals surface area contributed by atoms with E-state index in [-0.39, 0.29) is 0 Å². The van der Waals surface area contributed by atoms with Crippen LogP contribution in [0.15, 0.2) is 24.4 Å². The van der Waals surface area contributed by atoms with E-state index in [9.17, 15) is 0 Å².